The Morgan fingerprint density at radius 1 is 1.15 bits per heavy atom. The van der Waals surface area contributed by atoms with Crippen molar-refractivity contribution in [2.45, 2.75) is 19.5 Å². The van der Waals surface area contributed by atoms with Crippen molar-refractivity contribution in [1.82, 2.24) is 15.4 Å². The van der Waals surface area contributed by atoms with Gasteiger partial charge in [-0.05, 0) is 43.2 Å². The van der Waals surface area contributed by atoms with E-state index in [1.165, 1.54) is 6.07 Å². The molecular weight excluding hydrogens is 346 g/mol. The van der Waals surface area contributed by atoms with E-state index in [4.69, 9.17) is 0 Å². The minimum Gasteiger partial charge on any atom is -0.295 e. The van der Waals surface area contributed by atoms with Gasteiger partial charge < -0.3 is 0 Å². The molecule has 3 nitrogen and oxygen atoms in total. The van der Waals surface area contributed by atoms with Crippen molar-refractivity contribution >= 4 is 11.3 Å². The van der Waals surface area contributed by atoms with E-state index >= 15 is 0 Å². The molecule has 7 heteroatoms. The van der Waals surface area contributed by atoms with Crippen molar-refractivity contribution in [3.05, 3.63) is 76.5 Å². The summed E-state index contributed by atoms with van der Waals surface area (Å²) in [4.78, 5) is 4.48. The van der Waals surface area contributed by atoms with Gasteiger partial charge in [-0.2, -0.15) is 13.2 Å². The van der Waals surface area contributed by atoms with E-state index < -0.39 is 17.6 Å². The number of nitrogens with zero attached hydrogens (tertiary/aromatic N) is 2. The molecule has 0 unspecified atom stereocenters. The summed E-state index contributed by atoms with van der Waals surface area (Å²) in [6.45, 7) is 2.56. The quantitative estimate of drug-likeness (QED) is 0.797. The topological polar surface area (TPSA) is 28.2 Å². The summed E-state index contributed by atoms with van der Waals surface area (Å²) in [6, 6.07) is 8.59. The number of aromatic nitrogens is 1. The van der Waals surface area contributed by atoms with Crippen molar-refractivity contribution < 1.29 is 17.6 Å². The number of halogens is 4. The number of alkyl halides is 3. The number of aryl methyl sites for hydroxylation is 1. The highest BCUT2D eigenvalue weighted by Gasteiger charge is 2.36. The summed E-state index contributed by atoms with van der Waals surface area (Å²) >= 11 is 0. The molecule has 1 N–H and O–H groups in total. The van der Waals surface area contributed by atoms with Gasteiger partial charge in [0, 0.05) is 17.8 Å². The lowest BCUT2D eigenvalue weighted by molar-refractivity contribution is -0.140. The summed E-state index contributed by atoms with van der Waals surface area (Å²) in [5, 5.41) is 1.88. The molecule has 1 aromatic heterocycles. The largest absolute Gasteiger partial charge is 0.419 e. The van der Waals surface area contributed by atoms with Gasteiger partial charge >= 0.3 is 6.18 Å². The number of hydrogen-bond acceptors (Lipinski definition) is 3. The SMILES string of the molecule is Cc1cccc(C2=C(c3ccc(F)c(C(F)(F)F)c3)C3=CCCN3N2)n1. The van der Waals surface area contributed by atoms with Gasteiger partial charge in [0.25, 0.3) is 0 Å². The van der Waals surface area contributed by atoms with Gasteiger partial charge in [0.1, 0.15) is 5.82 Å². The molecule has 0 saturated carbocycles. The van der Waals surface area contributed by atoms with E-state index in [0.29, 0.717) is 29.1 Å². The Labute approximate surface area is 147 Å². The number of pyridine rings is 1. The van der Waals surface area contributed by atoms with Crippen LogP contribution in [0.1, 0.15) is 28.9 Å². The van der Waals surface area contributed by atoms with Crippen LogP contribution >= 0.6 is 0 Å². The molecule has 0 amide bonds. The summed E-state index contributed by atoms with van der Waals surface area (Å²) in [6.07, 6.45) is -2.01. The summed E-state index contributed by atoms with van der Waals surface area (Å²) in [7, 11) is 0. The smallest absolute Gasteiger partial charge is 0.295 e. The lowest BCUT2D eigenvalue weighted by atomic mass is 9.97. The van der Waals surface area contributed by atoms with E-state index in [-0.39, 0.29) is 0 Å². The molecule has 0 atom stereocenters. The van der Waals surface area contributed by atoms with E-state index in [1.54, 1.807) is 6.07 Å². The molecule has 0 fully saturated rings. The van der Waals surface area contributed by atoms with Crippen LogP contribution < -0.4 is 5.43 Å². The van der Waals surface area contributed by atoms with Gasteiger partial charge in [0.15, 0.2) is 0 Å². The molecule has 2 aliphatic heterocycles. The molecule has 0 bridgehead atoms. The summed E-state index contributed by atoms with van der Waals surface area (Å²) < 4.78 is 53.1. The van der Waals surface area contributed by atoms with Crippen molar-refractivity contribution in [2.75, 3.05) is 6.54 Å². The Bertz CT molecular complexity index is 944. The van der Waals surface area contributed by atoms with Crippen LogP contribution in [0.2, 0.25) is 0 Å². The first-order valence-corrected chi connectivity index (χ1v) is 8.15. The van der Waals surface area contributed by atoms with Crippen molar-refractivity contribution in [3.63, 3.8) is 0 Å². The highest BCUT2D eigenvalue weighted by atomic mass is 19.4. The van der Waals surface area contributed by atoms with Crippen LogP contribution in [-0.2, 0) is 6.18 Å². The Hall–Kier alpha value is -2.83. The van der Waals surface area contributed by atoms with Gasteiger partial charge in [0.05, 0.1) is 22.7 Å². The lowest BCUT2D eigenvalue weighted by Crippen LogP contribution is -2.28. The molecule has 0 spiro atoms. The fraction of sp³-hybridized carbons (Fsp3) is 0.211. The number of hydrogen-bond donors (Lipinski definition) is 1. The first-order valence-electron chi connectivity index (χ1n) is 8.15. The van der Waals surface area contributed by atoms with Crippen LogP contribution in [0, 0.1) is 12.7 Å². The van der Waals surface area contributed by atoms with E-state index in [1.807, 2.05) is 30.1 Å². The molecule has 2 aromatic rings. The fourth-order valence-corrected chi connectivity index (χ4v) is 3.29. The van der Waals surface area contributed by atoms with Crippen LogP contribution in [0.25, 0.3) is 11.3 Å². The zero-order valence-electron chi connectivity index (χ0n) is 13.9. The number of nitrogens with one attached hydrogen (secondary N) is 1. The van der Waals surface area contributed by atoms with Gasteiger partial charge in [0.2, 0.25) is 0 Å². The summed E-state index contributed by atoms with van der Waals surface area (Å²) in [5.41, 5.74) is 5.72. The Morgan fingerprint density at radius 3 is 2.69 bits per heavy atom. The zero-order valence-corrected chi connectivity index (χ0v) is 13.9. The van der Waals surface area contributed by atoms with Gasteiger partial charge in [-0.15, -0.1) is 0 Å². The van der Waals surface area contributed by atoms with Crippen LogP contribution in [0.3, 0.4) is 0 Å². The summed E-state index contributed by atoms with van der Waals surface area (Å²) in [5.74, 6) is -1.28. The lowest BCUT2D eigenvalue weighted by Gasteiger charge is -2.16. The second-order valence-corrected chi connectivity index (χ2v) is 6.25. The highest BCUT2D eigenvalue weighted by molar-refractivity contribution is 5.99. The van der Waals surface area contributed by atoms with Crippen molar-refractivity contribution in [1.29, 1.82) is 0 Å². The zero-order chi connectivity index (χ0) is 18.5. The molecule has 0 aliphatic carbocycles. The number of hydrazine groups is 1. The second-order valence-electron chi connectivity index (χ2n) is 6.25. The van der Waals surface area contributed by atoms with Crippen molar-refractivity contribution in [2.24, 2.45) is 0 Å². The normalized spacial score (nSPS) is 16.7. The Morgan fingerprint density at radius 2 is 1.96 bits per heavy atom. The predicted octanol–water partition coefficient (Wildman–Crippen LogP) is 4.52. The van der Waals surface area contributed by atoms with Crippen LogP contribution in [-0.4, -0.2) is 16.5 Å². The third-order valence-electron chi connectivity index (χ3n) is 4.44. The molecule has 2 aliphatic rings. The first-order chi connectivity index (χ1) is 12.3. The molecule has 0 saturated heterocycles. The number of allylic oxidation sites excluding steroid dienone is 1. The Kier molecular flexibility index (Phi) is 3.75. The van der Waals surface area contributed by atoms with Crippen molar-refractivity contribution in [3.8, 4) is 0 Å². The van der Waals surface area contributed by atoms with Gasteiger partial charge in [-0.1, -0.05) is 18.2 Å². The molecule has 3 heterocycles. The standard InChI is InChI=1S/C19H15F4N3/c1-11-4-2-5-15(24-11)18-17(16-6-3-9-26(16)25-18)12-7-8-14(20)13(10-12)19(21,22)23/h2,4-8,10,25H,3,9H2,1H3. The van der Waals surface area contributed by atoms with Crippen LogP contribution in [0.15, 0.2) is 48.2 Å². The minimum atomic E-state index is -4.75. The third-order valence-corrected chi connectivity index (χ3v) is 4.44. The third kappa shape index (κ3) is 2.73. The molecule has 4 rings (SSSR count). The average Bonchev–Trinajstić information content (AvgIpc) is 3.15. The fourth-order valence-electron chi connectivity index (χ4n) is 3.29. The number of rotatable bonds is 2. The molecule has 134 valence electrons. The maximum atomic E-state index is 13.7. The maximum Gasteiger partial charge on any atom is 0.419 e. The number of benzene rings is 1. The minimum absolute atomic E-state index is 0.306. The maximum absolute atomic E-state index is 13.7. The molecule has 26 heavy (non-hydrogen) atoms. The predicted molar refractivity (Wildman–Crippen MR) is 89.7 cm³/mol. The Balaban J connectivity index is 1.92. The van der Waals surface area contributed by atoms with E-state index in [0.717, 1.165) is 29.9 Å². The van der Waals surface area contributed by atoms with E-state index in [2.05, 4.69) is 10.4 Å². The van der Waals surface area contributed by atoms with Crippen LogP contribution in [0.4, 0.5) is 17.6 Å². The van der Waals surface area contributed by atoms with Crippen LogP contribution in [0.5, 0.6) is 0 Å². The molecule has 1 aromatic carbocycles. The molecular formula is C19H15F4N3. The van der Waals surface area contributed by atoms with Gasteiger partial charge in [-0.25, -0.2) is 4.39 Å². The molecule has 0 radical (unpaired) electrons. The van der Waals surface area contributed by atoms with Gasteiger partial charge in [-0.3, -0.25) is 15.4 Å². The highest BCUT2D eigenvalue weighted by Crippen LogP contribution is 2.41. The number of fused-ring (bicyclic) bond motifs is 1. The van der Waals surface area contributed by atoms with E-state index in [9.17, 15) is 17.6 Å². The average molecular weight is 361 g/mol. The second kappa shape index (κ2) is 5.86. The first kappa shape index (κ1) is 16.6. The monoisotopic (exact) mass is 361 g/mol.